The Morgan fingerprint density at radius 1 is 1.15 bits per heavy atom. The zero-order valence-corrected chi connectivity index (χ0v) is 15.5. The van der Waals surface area contributed by atoms with Gasteiger partial charge in [-0.25, -0.2) is 4.79 Å². The molecular weight excluding hydrogens is 326 g/mol. The molecule has 3 rings (SSSR count). The Bertz CT molecular complexity index is 742. The van der Waals surface area contributed by atoms with Gasteiger partial charge in [-0.15, -0.1) is 0 Å². The highest BCUT2D eigenvalue weighted by molar-refractivity contribution is 5.89. The van der Waals surface area contributed by atoms with E-state index < -0.39 is 0 Å². The first-order valence-corrected chi connectivity index (χ1v) is 9.15. The van der Waals surface area contributed by atoms with Crippen LogP contribution >= 0.6 is 0 Å². The number of hydrogen-bond acceptors (Lipinski definition) is 3. The summed E-state index contributed by atoms with van der Waals surface area (Å²) in [7, 11) is 1.68. The molecule has 0 aliphatic carbocycles. The molecule has 26 heavy (non-hydrogen) atoms. The van der Waals surface area contributed by atoms with Crippen molar-refractivity contribution in [3.05, 3.63) is 59.7 Å². The lowest BCUT2D eigenvalue weighted by molar-refractivity contribution is 0.227. The standard InChI is InChI=1S/C21H27N3O2/c1-16-7-5-9-18(13-16)23-21(25)22-15-20(24-11-3-4-12-24)17-8-6-10-19(14-17)26-2/h5-10,13-14,20H,3-4,11-12,15H2,1-2H3,(H2,22,23,25)/t20-/m0/s1. The topological polar surface area (TPSA) is 53.6 Å². The molecule has 1 aliphatic rings. The van der Waals surface area contributed by atoms with Crippen LogP contribution in [0.2, 0.25) is 0 Å². The summed E-state index contributed by atoms with van der Waals surface area (Å²) in [6.07, 6.45) is 2.41. The van der Waals surface area contributed by atoms with Gasteiger partial charge in [-0.3, -0.25) is 4.90 Å². The van der Waals surface area contributed by atoms with Crippen molar-refractivity contribution in [1.29, 1.82) is 0 Å². The maximum atomic E-state index is 12.3. The molecule has 5 nitrogen and oxygen atoms in total. The Morgan fingerprint density at radius 3 is 2.65 bits per heavy atom. The summed E-state index contributed by atoms with van der Waals surface area (Å²) in [6.45, 7) is 4.69. The van der Waals surface area contributed by atoms with Crippen LogP contribution in [0, 0.1) is 6.92 Å². The third-order valence-electron chi connectivity index (χ3n) is 4.79. The number of rotatable bonds is 6. The first kappa shape index (κ1) is 18.3. The fourth-order valence-corrected chi connectivity index (χ4v) is 3.45. The van der Waals surface area contributed by atoms with E-state index in [0.717, 1.165) is 30.1 Å². The van der Waals surface area contributed by atoms with Gasteiger partial charge in [0.2, 0.25) is 0 Å². The molecule has 0 unspecified atom stereocenters. The molecule has 138 valence electrons. The number of hydrogen-bond donors (Lipinski definition) is 2. The molecule has 0 saturated carbocycles. The van der Waals surface area contributed by atoms with E-state index in [-0.39, 0.29) is 12.1 Å². The summed E-state index contributed by atoms with van der Waals surface area (Å²) >= 11 is 0. The van der Waals surface area contributed by atoms with Crippen LogP contribution in [0.3, 0.4) is 0 Å². The van der Waals surface area contributed by atoms with Gasteiger partial charge in [-0.1, -0.05) is 24.3 Å². The maximum Gasteiger partial charge on any atom is 0.319 e. The number of likely N-dealkylation sites (tertiary alicyclic amines) is 1. The minimum Gasteiger partial charge on any atom is -0.497 e. The predicted molar refractivity (Wildman–Crippen MR) is 105 cm³/mol. The number of carbonyl (C=O) groups is 1. The number of aryl methyl sites for hydroxylation is 1. The Kier molecular flexibility index (Phi) is 6.12. The Balaban J connectivity index is 1.66. The second kappa shape index (κ2) is 8.72. The van der Waals surface area contributed by atoms with Crippen LogP contribution in [0.15, 0.2) is 48.5 Å². The molecule has 2 aromatic carbocycles. The monoisotopic (exact) mass is 353 g/mol. The zero-order valence-electron chi connectivity index (χ0n) is 15.5. The van der Waals surface area contributed by atoms with E-state index in [9.17, 15) is 4.79 Å². The third kappa shape index (κ3) is 4.76. The van der Waals surface area contributed by atoms with E-state index in [1.165, 1.54) is 18.4 Å². The highest BCUT2D eigenvalue weighted by Crippen LogP contribution is 2.27. The fourth-order valence-electron chi connectivity index (χ4n) is 3.45. The molecule has 2 amide bonds. The number of anilines is 1. The molecule has 1 heterocycles. The molecule has 5 heteroatoms. The normalized spacial score (nSPS) is 15.5. The minimum absolute atomic E-state index is 0.149. The number of carbonyl (C=O) groups excluding carboxylic acids is 1. The molecule has 1 saturated heterocycles. The van der Waals surface area contributed by atoms with Gasteiger partial charge in [0, 0.05) is 12.2 Å². The van der Waals surface area contributed by atoms with Crippen LogP contribution in [0.5, 0.6) is 5.75 Å². The van der Waals surface area contributed by atoms with Gasteiger partial charge >= 0.3 is 6.03 Å². The molecule has 0 radical (unpaired) electrons. The van der Waals surface area contributed by atoms with Gasteiger partial charge in [-0.05, 0) is 68.2 Å². The molecule has 1 atom stereocenters. The lowest BCUT2D eigenvalue weighted by Gasteiger charge is -2.28. The molecule has 0 bridgehead atoms. The number of nitrogens with one attached hydrogen (secondary N) is 2. The van der Waals surface area contributed by atoms with Crippen molar-refractivity contribution in [1.82, 2.24) is 10.2 Å². The molecule has 0 aromatic heterocycles. The fraction of sp³-hybridized carbons (Fsp3) is 0.381. The number of benzene rings is 2. The Morgan fingerprint density at radius 2 is 1.92 bits per heavy atom. The molecular formula is C21H27N3O2. The van der Waals surface area contributed by atoms with E-state index in [1.54, 1.807) is 7.11 Å². The van der Waals surface area contributed by atoms with Crippen LogP contribution in [0.1, 0.15) is 30.0 Å². The summed E-state index contributed by atoms with van der Waals surface area (Å²) in [6, 6.07) is 15.9. The molecule has 2 aromatic rings. The van der Waals surface area contributed by atoms with Gasteiger partial charge in [0.25, 0.3) is 0 Å². The van der Waals surface area contributed by atoms with Crippen molar-refractivity contribution < 1.29 is 9.53 Å². The summed E-state index contributed by atoms with van der Waals surface area (Å²) < 4.78 is 5.37. The number of urea groups is 1. The lowest BCUT2D eigenvalue weighted by atomic mass is 10.1. The molecule has 2 N–H and O–H groups in total. The number of methoxy groups -OCH3 is 1. The first-order valence-electron chi connectivity index (χ1n) is 9.15. The lowest BCUT2D eigenvalue weighted by Crippen LogP contribution is -2.38. The smallest absolute Gasteiger partial charge is 0.319 e. The van der Waals surface area contributed by atoms with E-state index in [2.05, 4.69) is 27.7 Å². The summed E-state index contributed by atoms with van der Waals surface area (Å²) in [5.41, 5.74) is 3.10. The number of ether oxygens (including phenoxy) is 1. The largest absolute Gasteiger partial charge is 0.497 e. The first-order chi connectivity index (χ1) is 12.7. The van der Waals surface area contributed by atoms with Crippen molar-refractivity contribution in [2.45, 2.75) is 25.8 Å². The average molecular weight is 353 g/mol. The quantitative estimate of drug-likeness (QED) is 0.826. The minimum atomic E-state index is -0.178. The third-order valence-corrected chi connectivity index (χ3v) is 4.79. The van der Waals surface area contributed by atoms with Crippen molar-refractivity contribution in [3.8, 4) is 5.75 Å². The van der Waals surface area contributed by atoms with Gasteiger partial charge in [0.05, 0.1) is 13.2 Å². The van der Waals surface area contributed by atoms with E-state index >= 15 is 0 Å². The predicted octanol–water partition coefficient (Wildman–Crippen LogP) is 3.96. The zero-order chi connectivity index (χ0) is 18.4. The SMILES string of the molecule is COc1cccc([C@H](CNC(=O)Nc2cccc(C)c2)N2CCCC2)c1. The van der Waals surface area contributed by atoms with Crippen molar-refractivity contribution >= 4 is 11.7 Å². The van der Waals surface area contributed by atoms with Gasteiger partial charge < -0.3 is 15.4 Å². The summed E-state index contributed by atoms with van der Waals surface area (Å²) in [5, 5.41) is 5.94. The van der Waals surface area contributed by atoms with Gasteiger partial charge in [0.1, 0.15) is 5.75 Å². The average Bonchev–Trinajstić information content (AvgIpc) is 3.16. The second-order valence-electron chi connectivity index (χ2n) is 6.74. The van der Waals surface area contributed by atoms with Crippen LogP contribution in [0.4, 0.5) is 10.5 Å². The highest BCUT2D eigenvalue weighted by atomic mass is 16.5. The molecule has 1 aliphatic heterocycles. The molecule has 0 spiro atoms. The second-order valence-corrected chi connectivity index (χ2v) is 6.74. The van der Waals surface area contributed by atoms with E-state index in [4.69, 9.17) is 4.74 Å². The van der Waals surface area contributed by atoms with Crippen molar-refractivity contribution in [2.24, 2.45) is 0 Å². The van der Waals surface area contributed by atoms with Crippen molar-refractivity contribution in [3.63, 3.8) is 0 Å². The van der Waals surface area contributed by atoms with Crippen LogP contribution < -0.4 is 15.4 Å². The van der Waals surface area contributed by atoms with Crippen LogP contribution in [0.25, 0.3) is 0 Å². The maximum absolute atomic E-state index is 12.3. The number of nitrogens with zero attached hydrogens (tertiary/aromatic N) is 1. The highest BCUT2D eigenvalue weighted by Gasteiger charge is 2.24. The van der Waals surface area contributed by atoms with Crippen molar-refractivity contribution in [2.75, 3.05) is 32.1 Å². The van der Waals surface area contributed by atoms with Gasteiger partial charge in [-0.2, -0.15) is 0 Å². The van der Waals surface area contributed by atoms with Gasteiger partial charge in [0.15, 0.2) is 0 Å². The summed E-state index contributed by atoms with van der Waals surface area (Å²) in [5.74, 6) is 0.843. The Hall–Kier alpha value is -2.53. The van der Waals surface area contributed by atoms with E-state index in [1.807, 2.05) is 43.3 Å². The summed E-state index contributed by atoms with van der Waals surface area (Å²) in [4.78, 5) is 14.8. The Labute approximate surface area is 155 Å². The molecule has 1 fully saturated rings. The number of amides is 2. The van der Waals surface area contributed by atoms with Crippen LogP contribution in [-0.2, 0) is 0 Å². The van der Waals surface area contributed by atoms with E-state index in [0.29, 0.717) is 6.54 Å². The van der Waals surface area contributed by atoms with Crippen LogP contribution in [-0.4, -0.2) is 37.7 Å².